The van der Waals surface area contributed by atoms with Crippen molar-refractivity contribution in [3.05, 3.63) is 64.7 Å². The number of benzene rings is 2. The zero-order chi connectivity index (χ0) is 12.7. The van der Waals surface area contributed by atoms with Gasteiger partial charge in [0, 0.05) is 11.3 Å². The van der Waals surface area contributed by atoms with Crippen molar-refractivity contribution >= 4 is 11.5 Å². The highest BCUT2D eigenvalue weighted by Crippen LogP contribution is 2.31. The molecule has 2 heteroatoms. The Morgan fingerprint density at radius 1 is 1.00 bits per heavy atom. The molecule has 2 aromatic rings. The van der Waals surface area contributed by atoms with E-state index in [1.165, 1.54) is 16.7 Å². The Kier molecular flexibility index (Phi) is 2.44. The molecule has 0 bridgehead atoms. The summed E-state index contributed by atoms with van der Waals surface area (Å²) in [5.41, 5.74) is 5.98. The number of fused-ring (bicyclic) bond motifs is 1. The van der Waals surface area contributed by atoms with E-state index in [1.807, 2.05) is 18.2 Å². The largest absolute Gasteiger partial charge is 0.322 e. The molecule has 0 atom stereocenters. The average Bonchev–Trinajstić information content (AvgIpc) is 2.71. The molecule has 18 heavy (non-hydrogen) atoms. The minimum Gasteiger partial charge on any atom is -0.322 e. The SMILES string of the molecule is Cc1cccc(N2Cc3ccccc3C2=N)c1C. The molecule has 0 radical (unpaired) electrons. The Morgan fingerprint density at radius 3 is 2.56 bits per heavy atom. The van der Waals surface area contributed by atoms with E-state index < -0.39 is 0 Å². The molecule has 0 saturated carbocycles. The van der Waals surface area contributed by atoms with Gasteiger partial charge in [-0.3, -0.25) is 5.41 Å². The predicted octanol–water partition coefficient (Wildman–Crippen LogP) is 3.65. The molecular weight excluding hydrogens is 220 g/mol. The van der Waals surface area contributed by atoms with E-state index in [0.717, 1.165) is 17.8 Å². The number of nitrogens with one attached hydrogen (secondary N) is 1. The Labute approximate surface area is 107 Å². The fraction of sp³-hybridized carbons (Fsp3) is 0.188. The summed E-state index contributed by atoms with van der Waals surface area (Å²) in [4.78, 5) is 2.09. The highest BCUT2D eigenvalue weighted by atomic mass is 15.2. The Hall–Kier alpha value is -2.09. The second kappa shape index (κ2) is 3.98. The van der Waals surface area contributed by atoms with Gasteiger partial charge in [0.2, 0.25) is 0 Å². The lowest BCUT2D eigenvalue weighted by Crippen LogP contribution is -2.24. The third kappa shape index (κ3) is 1.53. The monoisotopic (exact) mass is 236 g/mol. The molecule has 0 aromatic heterocycles. The van der Waals surface area contributed by atoms with Crippen molar-refractivity contribution in [3.8, 4) is 0 Å². The van der Waals surface area contributed by atoms with Crippen LogP contribution in [0.15, 0.2) is 42.5 Å². The van der Waals surface area contributed by atoms with Crippen molar-refractivity contribution in [2.24, 2.45) is 0 Å². The molecule has 1 N–H and O–H groups in total. The van der Waals surface area contributed by atoms with Crippen LogP contribution in [0.4, 0.5) is 5.69 Å². The number of aryl methyl sites for hydroxylation is 1. The number of amidine groups is 1. The molecule has 90 valence electrons. The first-order chi connectivity index (χ1) is 8.68. The van der Waals surface area contributed by atoms with Gasteiger partial charge in [-0.05, 0) is 36.6 Å². The lowest BCUT2D eigenvalue weighted by atomic mass is 10.1. The second-order valence-corrected chi connectivity index (χ2v) is 4.81. The fourth-order valence-electron chi connectivity index (χ4n) is 2.52. The summed E-state index contributed by atoms with van der Waals surface area (Å²) in [6, 6.07) is 14.5. The van der Waals surface area contributed by atoms with Crippen LogP contribution in [0.3, 0.4) is 0 Å². The molecule has 0 fully saturated rings. The quantitative estimate of drug-likeness (QED) is 0.804. The van der Waals surface area contributed by atoms with Crippen LogP contribution in [0.5, 0.6) is 0 Å². The molecule has 1 aliphatic heterocycles. The van der Waals surface area contributed by atoms with Gasteiger partial charge in [0.15, 0.2) is 0 Å². The van der Waals surface area contributed by atoms with Crippen LogP contribution < -0.4 is 4.90 Å². The van der Waals surface area contributed by atoms with E-state index in [4.69, 9.17) is 5.41 Å². The summed E-state index contributed by atoms with van der Waals surface area (Å²) in [5.74, 6) is 0.610. The molecule has 3 rings (SSSR count). The molecule has 0 saturated heterocycles. The van der Waals surface area contributed by atoms with Crippen molar-refractivity contribution in [2.75, 3.05) is 4.90 Å². The van der Waals surface area contributed by atoms with Gasteiger partial charge < -0.3 is 4.90 Å². The third-order valence-corrected chi connectivity index (χ3v) is 3.74. The van der Waals surface area contributed by atoms with Gasteiger partial charge in [0.1, 0.15) is 5.84 Å². The molecule has 0 aliphatic carbocycles. The van der Waals surface area contributed by atoms with E-state index in [2.05, 4.69) is 43.0 Å². The van der Waals surface area contributed by atoms with Crippen LogP contribution in [0.25, 0.3) is 0 Å². The van der Waals surface area contributed by atoms with Gasteiger partial charge in [-0.25, -0.2) is 0 Å². The smallest absolute Gasteiger partial charge is 0.133 e. The highest BCUT2D eigenvalue weighted by molar-refractivity contribution is 6.12. The lowest BCUT2D eigenvalue weighted by Gasteiger charge is -2.21. The highest BCUT2D eigenvalue weighted by Gasteiger charge is 2.25. The van der Waals surface area contributed by atoms with Crippen LogP contribution in [0.2, 0.25) is 0 Å². The van der Waals surface area contributed by atoms with Crippen LogP contribution >= 0.6 is 0 Å². The number of nitrogens with zero attached hydrogens (tertiary/aromatic N) is 1. The summed E-state index contributed by atoms with van der Waals surface area (Å²) in [5, 5.41) is 8.32. The van der Waals surface area contributed by atoms with Crippen LogP contribution in [-0.4, -0.2) is 5.84 Å². The molecule has 1 heterocycles. The Balaban J connectivity index is 2.07. The molecule has 0 amide bonds. The molecule has 0 unspecified atom stereocenters. The second-order valence-electron chi connectivity index (χ2n) is 4.81. The first-order valence-corrected chi connectivity index (χ1v) is 6.19. The zero-order valence-electron chi connectivity index (χ0n) is 10.7. The molecular formula is C16H16N2. The number of hydrogen-bond acceptors (Lipinski definition) is 1. The zero-order valence-corrected chi connectivity index (χ0v) is 10.7. The van der Waals surface area contributed by atoms with Crippen molar-refractivity contribution in [3.63, 3.8) is 0 Å². The van der Waals surface area contributed by atoms with Crippen molar-refractivity contribution in [2.45, 2.75) is 20.4 Å². The van der Waals surface area contributed by atoms with E-state index >= 15 is 0 Å². The number of anilines is 1. The van der Waals surface area contributed by atoms with Gasteiger partial charge in [0.25, 0.3) is 0 Å². The number of rotatable bonds is 1. The summed E-state index contributed by atoms with van der Waals surface area (Å²) >= 11 is 0. The Bertz CT molecular complexity index is 629. The van der Waals surface area contributed by atoms with Gasteiger partial charge in [-0.2, -0.15) is 0 Å². The van der Waals surface area contributed by atoms with E-state index in [-0.39, 0.29) is 0 Å². The lowest BCUT2D eigenvalue weighted by molar-refractivity contribution is 1.03. The number of hydrogen-bond donors (Lipinski definition) is 1. The fourth-order valence-corrected chi connectivity index (χ4v) is 2.52. The maximum absolute atomic E-state index is 8.32. The van der Waals surface area contributed by atoms with E-state index in [0.29, 0.717) is 5.84 Å². The maximum Gasteiger partial charge on any atom is 0.133 e. The van der Waals surface area contributed by atoms with E-state index in [9.17, 15) is 0 Å². The third-order valence-electron chi connectivity index (χ3n) is 3.74. The van der Waals surface area contributed by atoms with Gasteiger partial charge in [-0.15, -0.1) is 0 Å². The van der Waals surface area contributed by atoms with Crippen LogP contribution in [0.1, 0.15) is 22.3 Å². The maximum atomic E-state index is 8.32. The van der Waals surface area contributed by atoms with Crippen molar-refractivity contribution < 1.29 is 0 Å². The summed E-state index contributed by atoms with van der Waals surface area (Å²) in [6.45, 7) is 5.05. The van der Waals surface area contributed by atoms with Gasteiger partial charge >= 0.3 is 0 Å². The van der Waals surface area contributed by atoms with Crippen LogP contribution in [-0.2, 0) is 6.54 Å². The van der Waals surface area contributed by atoms with Gasteiger partial charge in [-0.1, -0.05) is 36.4 Å². The summed E-state index contributed by atoms with van der Waals surface area (Å²) in [7, 11) is 0. The Morgan fingerprint density at radius 2 is 1.78 bits per heavy atom. The average molecular weight is 236 g/mol. The van der Waals surface area contributed by atoms with Crippen molar-refractivity contribution in [1.29, 1.82) is 5.41 Å². The summed E-state index contributed by atoms with van der Waals surface area (Å²) in [6.07, 6.45) is 0. The normalized spacial score (nSPS) is 13.9. The summed E-state index contributed by atoms with van der Waals surface area (Å²) < 4.78 is 0. The molecule has 1 aliphatic rings. The minimum absolute atomic E-state index is 0.610. The first-order valence-electron chi connectivity index (χ1n) is 6.19. The van der Waals surface area contributed by atoms with Crippen LogP contribution in [0, 0.1) is 19.3 Å². The molecule has 2 nitrogen and oxygen atoms in total. The van der Waals surface area contributed by atoms with Crippen molar-refractivity contribution in [1.82, 2.24) is 0 Å². The van der Waals surface area contributed by atoms with Gasteiger partial charge in [0.05, 0.1) is 6.54 Å². The van der Waals surface area contributed by atoms with E-state index in [1.54, 1.807) is 0 Å². The molecule has 2 aromatic carbocycles. The first kappa shape index (κ1) is 11.0. The topological polar surface area (TPSA) is 27.1 Å². The predicted molar refractivity (Wildman–Crippen MR) is 75.4 cm³/mol. The minimum atomic E-state index is 0.610. The molecule has 0 spiro atoms. The standard InChI is InChI=1S/C16H16N2/c1-11-6-5-9-15(12(11)2)18-10-13-7-3-4-8-14(13)16(18)17/h3-9,17H,10H2,1-2H3.